The largest absolute Gasteiger partial charge is 0.513 e. The Morgan fingerprint density at radius 3 is 2.54 bits per heavy atom. The van der Waals surface area contributed by atoms with Gasteiger partial charge in [-0.15, -0.1) is 0 Å². The van der Waals surface area contributed by atoms with Crippen LogP contribution in [0.2, 0.25) is 0 Å². The SMILES string of the molecule is CCCCC1=C2CCC3C(=CCCC3C(=O)OC(=O)O)C2(C)Cc2c(CCCC)nn(-c3ccc(F)cc3)c21. The summed E-state index contributed by atoms with van der Waals surface area (Å²) in [5.41, 5.74) is 8.18. The van der Waals surface area contributed by atoms with Gasteiger partial charge in [0.25, 0.3) is 0 Å². The number of aromatic nitrogens is 2. The number of benzene rings is 1. The molecule has 3 aliphatic rings. The summed E-state index contributed by atoms with van der Waals surface area (Å²) in [4.78, 5) is 24.0. The van der Waals surface area contributed by atoms with Gasteiger partial charge >= 0.3 is 12.1 Å². The minimum atomic E-state index is -1.53. The third kappa shape index (κ3) is 4.96. The fraction of sp³-hybridized carbons (Fsp3) is 0.531. The van der Waals surface area contributed by atoms with Crippen LogP contribution in [0.25, 0.3) is 11.3 Å². The Bertz CT molecular complexity index is 1320. The summed E-state index contributed by atoms with van der Waals surface area (Å²) in [6.45, 7) is 6.71. The molecule has 1 fully saturated rings. The second kappa shape index (κ2) is 11.1. The van der Waals surface area contributed by atoms with E-state index < -0.39 is 18.0 Å². The quantitative estimate of drug-likeness (QED) is 0.212. The number of hydrogen-bond donors (Lipinski definition) is 1. The number of allylic oxidation sites excluding steroid dienone is 4. The highest BCUT2D eigenvalue weighted by Crippen LogP contribution is 2.59. The second-order valence-electron chi connectivity index (χ2n) is 11.5. The van der Waals surface area contributed by atoms with Crippen molar-refractivity contribution in [2.75, 3.05) is 0 Å². The number of carboxylic acid groups (broad SMARTS) is 1. The highest BCUT2D eigenvalue weighted by atomic mass is 19.1. The zero-order valence-corrected chi connectivity index (χ0v) is 23.3. The first-order chi connectivity index (χ1) is 18.8. The van der Waals surface area contributed by atoms with Crippen LogP contribution in [-0.2, 0) is 22.4 Å². The monoisotopic (exact) mass is 534 g/mol. The molecule has 0 aliphatic heterocycles. The van der Waals surface area contributed by atoms with E-state index in [1.54, 1.807) is 12.1 Å². The Morgan fingerprint density at radius 2 is 1.85 bits per heavy atom. The molecular weight excluding hydrogens is 495 g/mol. The third-order valence-electron chi connectivity index (χ3n) is 9.09. The molecule has 1 N–H and O–H groups in total. The van der Waals surface area contributed by atoms with E-state index in [2.05, 4.69) is 31.6 Å². The van der Waals surface area contributed by atoms with Crippen molar-refractivity contribution < 1.29 is 23.8 Å². The van der Waals surface area contributed by atoms with Gasteiger partial charge in [0.2, 0.25) is 0 Å². The summed E-state index contributed by atoms with van der Waals surface area (Å²) in [7, 11) is 0. The molecule has 3 unspecified atom stereocenters. The maximum absolute atomic E-state index is 13.8. The molecule has 2 aromatic rings. The lowest BCUT2D eigenvalue weighted by Crippen LogP contribution is -2.42. The number of nitrogens with zero attached hydrogens (tertiary/aromatic N) is 2. The van der Waals surface area contributed by atoms with Crippen LogP contribution in [0, 0.1) is 23.1 Å². The normalized spacial score (nSPS) is 23.9. The minimum absolute atomic E-state index is 0.0143. The van der Waals surface area contributed by atoms with Crippen molar-refractivity contribution in [3.8, 4) is 5.69 Å². The molecule has 7 heteroatoms. The van der Waals surface area contributed by atoms with Crippen molar-refractivity contribution in [2.24, 2.45) is 17.3 Å². The summed E-state index contributed by atoms with van der Waals surface area (Å²) in [5.74, 6) is -1.33. The van der Waals surface area contributed by atoms with Crippen LogP contribution >= 0.6 is 0 Å². The molecule has 0 radical (unpaired) electrons. The lowest BCUT2D eigenvalue weighted by Gasteiger charge is -2.50. The molecular formula is C32H39FN2O4. The van der Waals surface area contributed by atoms with E-state index in [1.807, 2.05) is 4.68 Å². The van der Waals surface area contributed by atoms with Gasteiger partial charge in [0.15, 0.2) is 0 Å². The van der Waals surface area contributed by atoms with Gasteiger partial charge in [0, 0.05) is 11.0 Å². The Labute approximate surface area is 229 Å². The zero-order valence-electron chi connectivity index (χ0n) is 23.3. The molecule has 0 saturated heterocycles. The Balaban J connectivity index is 1.65. The van der Waals surface area contributed by atoms with Crippen molar-refractivity contribution >= 4 is 17.7 Å². The molecule has 3 aliphatic carbocycles. The highest BCUT2D eigenvalue weighted by molar-refractivity contribution is 5.84. The molecule has 1 saturated carbocycles. The summed E-state index contributed by atoms with van der Waals surface area (Å²) >= 11 is 0. The van der Waals surface area contributed by atoms with Gasteiger partial charge in [0.1, 0.15) is 5.82 Å². The zero-order chi connectivity index (χ0) is 27.7. The number of esters is 1. The van der Waals surface area contributed by atoms with E-state index >= 15 is 0 Å². The molecule has 0 bridgehead atoms. The molecule has 208 valence electrons. The first kappa shape index (κ1) is 27.4. The number of aryl methyl sites for hydroxylation is 1. The van der Waals surface area contributed by atoms with E-state index in [1.165, 1.54) is 40.1 Å². The predicted octanol–water partition coefficient (Wildman–Crippen LogP) is 7.83. The van der Waals surface area contributed by atoms with Crippen molar-refractivity contribution in [3.63, 3.8) is 0 Å². The second-order valence-corrected chi connectivity index (χ2v) is 11.5. The maximum atomic E-state index is 13.8. The van der Waals surface area contributed by atoms with Gasteiger partial charge in [-0.3, -0.25) is 4.79 Å². The number of fused-ring (bicyclic) bond motifs is 4. The number of carbonyl (C=O) groups excluding carboxylic acids is 1. The van der Waals surface area contributed by atoms with E-state index in [9.17, 15) is 14.0 Å². The number of halogens is 1. The van der Waals surface area contributed by atoms with Gasteiger partial charge < -0.3 is 9.84 Å². The average molecular weight is 535 g/mol. The average Bonchev–Trinajstić information content (AvgIpc) is 3.26. The van der Waals surface area contributed by atoms with Gasteiger partial charge in [0.05, 0.1) is 23.0 Å². The summed E-state index contributed by atoms with van der Waals surface area (Å²) in [6, 6.07) is 6.60. The molecule has 1 heterocycles. The van der Waals surface area contributed by atoms with Gasteiger partial charge in [-0.05, 0) is 93.5 Å². The van der Waals surface area contributed by atoms with Crippen LogP contribution < -0.4 is 0 Å². The molecule has 0 amide bonds. The number of ether oxygens (including phenoxy) is 1. The highest BCUT2D eigenvalue weighted by Gasteiger charge is 2.50. The number of unbranched alkanes of at least 4 members (excludes halogenated alkanes) is 2. The van der Waals surface area contributed by atoms with Crippen molar-refractivity contribution in [3.05, 3.63) is 64.3 Å². The van der Waals surface area contributed by atoms with Crippen LogP contribution in [-0.4, -0.2) is 27.0 Å². The lowest BCUT2D eigenvalue weighted by atomic mass is 9.54. The summed E-state index contributed by atoms with van der Waals surface area (Å²) in [6.07, 6.45) is 10.7. The molecule has 0 spiro atoms. The predicted molar refractivity (Wildman–Crippen MR) is 148 cm³/mol. The van der Waals surface area contributed by atoms with E-state index in [4.69, 9.17) is 10.2 Å². The molecule has 39 heavy (non-hydrogen) atoms. The van der Waals surface area contributed by atoms with E-state index in [0.717, 1.165) is 75.6 Å². The smallest absolute Gasteiger partial charge is 0.449 e. The van der Waals surface area contributed by atoms with Crippen molar-refractivity contribution in [1.82, 2.24) is 9.78 Å². The first-order valence-corrected chi connectivity index (χ1v) is 14.5. The van der Waals surface area contributed by atoms with Gasteiger partial charge in [-0.2, -0.15) is 5.10 Å². The Hall–Kier alpha value is -3.22. The fourth-order valence-electron chi connectivity index (χ4n) is 7.29. The van der Waals surface area contributed by atoms with E-state index in [0.29, 0.717) is 6.42 Å². The molecule has 5 rings (SSSR count). The maximum Gasteiger partial charge on any atom is 0.513 e. The molecule has 1 aromatic heterocycles. The van der Waals surface area contributed by atoms with Gasteiger partial charge in [-0.25, -0.2) is 13.9 Å². The summed E-state index contributed by atoms with van der Waals surface area (Å²) < 4.78 is 20.5. The van der Waals surface area contributed by atoms with Crippen LogP contribution in [0.1, 0.15) is 95.5 Å². The first-order valence-electron chi connectivity index (χ1n) is 14.5. The third-order valence-corrected chi connectivity index (χ3v) is 9.09. The fourth-order valence-corrected chi connectivity index (χ4v) is 7.29. The standard InChI is InChI=1S/C32H39FN2O4/c1-4-6-9-24-27-18-17-22-23(30(36)39-31(37)38)10-8-11-26(22)32(27,3)19-25-28(12-7-5-2)34-35(29(24)25)21-15-13-20(33)14-16-21/h11,13-16,22-23H,4-10,12,17-19H2,1-3H3,(H,37,38). The Kier molecular flexibility index (Phi) is 7.79. The van der Waals surface area contributed by atoms with E-state index in [-0.39, 0.29) is 17.2 Å². The van der Waals surface area contributed by atoms with Crippen LogP contribution in [0.15, 0.2) is 41.5 Å². The minimum Gasteiger partial charge on any atom is -0.449 e. The lowest BCUT2D eigenvalue weighted by molar-refractivity contribution is -0.146. The number of hydrogen-bond acceptors (Lipinski definition) is 4. The van der Waals surface area contributed by atoms with Crippen LogP contribution in [0.4, 0.5) is 9.18 Å². The van der Waals surface area contributed by atoms with Gasteiger partial charge in [-0.1, -0.05) is 50.8 Å². The number of rotatable bonds is 8. The number of carbonyl (C=O) groups is 2. The molecule has 1 aromatic carbocycles. The molecule has 6 nitrogen and oxygen atoms in total. The van der Waals surface area contributed by atoms with Crippen molar-refractivity contribution in [1.29, 1.82) is 0 Å². The van der Waals surface area contributed by atoms with Crippen LogP contribution in [0.5, 0.6) is 0 Å². The summed E-state index contributed by atoms with van der Waals surface area (Å²) in [5, 5.41) is 14.3. The Morgan fingerprint density at radius 1 is 1.13 bits per heavy atom. The van der Waals surface area contributed by atoms with Crippen LogP contribution in [0.3, 0.4) is 0 Å². The van der Waals surface area contributed by atoms with Crippen molar-refractivity contribution in [2.45, 2.75) is 91.4 Å². The topological polar surface area (TPSA) is 81.4 Å². The molecule has 3 atom stereocenters.